The van der Waals surface area contributed by atoms with Crippen molar-refractivity contribution in [3.63, 3.8) is 0 Å². The summed E-state index contributed by atoms with van der Waals surface area (Å²) in [5.74, 6) is -1.96. The van der Waals surface area contributed by atoms with Crippen molar-refractivity contribution < 1.29 is 14.3 Å². The fourth-order valence-electron chi connectivity index (χ4n) is 2.48. The summed E-state index contributed by atoms with van der Waals surface area (Å²) >= 11 is 0. The first-order chi connectivity index (χ1) is 8.90. The third kappa shape index (κ3) is 2.50. The maximum absolute atomic E-state index is 13.4. The Kier molecular flexibility index (Phi) is 3.38. The van der Waals surface area contributed by atoms with Gasteiger partial charge in [0.25, 0.3) is 0 Å². The highest BCUT2D eigenvalue weighted by Gasteiger charge is 2.13. The van der Waals surface area contributed by atoms with E-state index in [-0.39, 0.29) is 5.56 Å². The Bertz CT molecular complexity index is 637. The van der Waals surface area contributed by atoms with Crippen LogP contribution in [0.5, 0.6) is 0 Å². The van der Waals surface area contributed by atoms with Gasteiger partial charge in [0, 0.05) is 0 Å². The number of benzene rings is 2. The van der Waals surface area contributed by atoms with Crippen LogP contribution >= 0.6 is 0 Å². The van der Waals surface area contributed by atoms with Crippen molar-refractivity contribution in [3.8, 4) is 11.1 Å². The number of rotatable bonds is 2. The highest BCUT2D eigenvalue weighted by molar-refractivity contribution is 5.90. The number of carbonyl (C=O) groups is 1. The minimum atomic E-state index is -1.25. The average Bonchev–Trinajstić information content (AvgIpc) is 2.29. The Morgan fingerprint density at radius 1 is 1.05 bits per heavy atom. The SMILES string of the molecule is Cc1cc(C)c(-c2ccc(F)c(C(=O)O)c2)c(C)c1. The molecule has 0 aliphatic heterocycles. The van der Waals surface area contributed by atoms with E-state index >= 15 is 0 Å². The predicted octanol–water partition coefficient (Wildman–Crippen LogP) is 4.12. The zero-order valence-electron chi connectivity index (χ0n) is 11.1. The summed E-state index contributed by atoms with van der Waals surface area (Å²) in [7, 11) is 0. The van der Waals surface area contributed by atoms with Crippen molar-refractivity contribution in [3.05, 3.63) is 58.4 Å². The summed E-state index contributed by atoms with van der Waals surface area (Å²) in [5.41, 5.74) is 4.67. The molecule has 0 aliphatic carbocycles. The van der Waals surface area contributed by atoms with E-state index in [0.29, 0.717) is 0 Å². The number of halogens is 1. The van der Waals surface area contributed by atoms with Crippen molar-refractivity contribution in [1.82, 2.24) is 0 Å². The van der Waals surface area contributed by atoms with Gasteiger partial charge in [-0.25, -0.2) is 9.18 Å². The predicted molar refractivity (Wildman–Crippen MR) is 73.0 cm³/mol. The Hall–Kier alpha value is -2.16. The van der Waals surface area contributed by atoms with E-state index < -0.39 is 11.8 Å². The summed E-state index contributed by atoms with van der Waals surface area (Å²) in [6, 6.07) is 8.28. The lowest BCUT2D eigenvalue weighted by molar-refractivity contribution is 0.0692. The summed E-state index contributed by atoms with van der Waals surface area (Å²) in [6.07, 6.45) is 0. The molecule has 0 atom stereocenters. The van der Waals surface area contributed by atoms with Gasteiger partial charge >= 0.3 is 5.97 Å². The average molecular weight is 258 g/mol. The van der Waals surface area contributed by atoms with Gasteiger partial charge in [0.2, 0.25) is 0 Å². The van der Waals surface area contributed by atoms with Crippen molar-refractivity contribution >= 4 is 5.97 Å². The topological polar surface area (TPSA) is 37.3 Å². The molecule has 0 amide bonds. The minimum Gasteiger partial charge on any atom is -0.478 e. The molecule has 3 heteroatoms. The monoisotopic (exact) mass is 258 g/mol. The third-order valence-corrected chi connectivity index (χ3v) is 3.16. The second-order valence-electron chi connectivity index (χ2n) is 4.77. The van der Waals surface area contributed by atoms with E-state index in [0.717, 1.165) is 27.8 Å². The van der Waals surface area contributed by atoms with Crippen LogP contribution in [0.15, 0.2) is 30.3 Å². The van der Waals surface area contributed by atoms with E-state index in [4.69, 9.17) is 5.11 Å². The number of hydrogen-bond donors (Lipinski definition) is 1. The summed E-state index contributed by atoms with van der Waals surface area (Å²) in [6.45, 7) is 5.95. The molecule has 0 unspecified atom stereocenters. The number of carboxylic acid groups (broad SMARTS) is 1. The Morgan fingerprint density at radius 2 is 1.63 bits per heavy atom. The first kappa shape index (κ1) is 13.3. The van der Waals surface area contributed by atoms with Gasteiger partial charge in [-0.15, -0.1) is 0 Å². The quantitative estimate of drug-likeness (QED) is 0.879. The minimum absolute atomic E-state index is 0.295. The van der Waals surface area contributed by atoms with Crippen molar-refractivity contribution in [1.29, 1.82) is 0 Å². The standard InChI is InChI=1S/C16H15FO2/c1-9-6-10(2)15(11(3)7-9)12-4-5-14(17)13(8-12)16(18)19/h4-8H,1-3H3,(H,18,19). The van der Waals surface area contributed by atoms with Crippen LogP contribution in [0.25, 0.3) is 11.1 Å². The maximum atomic E-state index is 13.4. The number of carboxylic acids is 1. The first-order valence-corrected chi connectivity index (χ1v) is 6.01. The number of aryl methyl sites for hydroxylation is 3. The molecule has 0 fully saturated rings. The van der Waals surface area contributed by atoms with E-state index in [1.54, 1.807) is 6.07 Å². The van der Waals surface area contributed by atoms with E-state index in [1.807, 2.05) is 32.9 Å². The second-order valence-corrected chi connectivity index (χ2v) is 4.77. The molecule has 98 valence electrons. The van der Waals surface area contributed by atoms with Crippen molar-refractivity contribution in [2.45, 2.75) is 20.8 Å². The van der Waals surface area contributed by atoms with Crippen molar-refractivity contribution in [2.24, 2.45) is 0 Å². The molecule has 0 saturated carbocycles. The van der Waals surface area contributed by atoms with Gasteiger partial charge in [-0.1, -0.05) is 23.8 Å². The molecule has 0 saturated heterocycles. The Labute approximate surface area is 111 Å². The molecule has 0 radical (unpaired) electrons. The smallest absolute Gasteiger partial charge is 0.338 e. The van der Waals surface area contributed by atoms with Gasteiger partial charge in [0.1, 0.15) is 5.82 Å². The fraction of sp³-hybridized carbons (Fsp3) is 0.188. The molecule has 0 aliphatic rings. The molecule has 0 spiro atoms. The van der Waals surface area contributed by atoms with E-state index in [1.165, 1.54) is 12.1 Å². The Balaban J connectivity index is 2.66. The normalized spacial score (nSPS) is 10.5. The maximum Gasteiger partial charge on any atom is 0.338 e. The lowest BCUT2D eigenvalue weighted by Gasteiger charge is -2.12. The molecule has 2 aromatic carbocycles. The lowest BCUT2D eigenvalue weighted by atomic mass is 9.93. The molecule has 1 N–H and O–H groups in total. The summed E-state index contributed by atoms with van der Waals surface area (Å²) in [5, 5.41) is 8.98. The number of hydrogen-bond acceptors (Lipinski definition) is 1. The van der Waals surface area contributed by atoms with Crippen LogP contribution in [-0.2, 0) is 0 Å². The zero-order chi connectivity index (χ0) is 14.2. The van der Waals surface area contributed by atoms with Crippen LogP contribution < -0.4 is 0 Å². The molecule has 2 nitrogen and oxygen atoms in total. The van der Waals surface area contributed by atoms with E-state index in [9.17, 15) is 9.18 Å². The molecule has 2 aromatic rings. The van der Waals surface area contributed by atoms with Crippen LogP contribution in [0.1, 0.15) is 27.0 Å². The van der Waals surface area contributed by atoms with Crippen LogP contribution in [0.2, 0.25) is 0 Å². The van der Waals surface area contributed by atoms with Crippen LogP contribution in [0.4, 0.5) is 4.39 Å². The lowest BCUT2D eigenvalue weighted by Crippen LogP contribution is -2.01. The largest absolute Gasteiger partial charge is 0.478 e. The molecule has 2 rings (SSSR count). The van der Waals surface area contributed by atoms with E-state index in [2.05, 4.69) is 0 Å². The first-order valence-electron chi connectivity index (χ1n) is 6.01. The third-order valence-electron chi connectivity index (χ3n) is 3.16. The van der Waals surface area contributed by atoms with Gasteiger partial charge in [-0.3, -0.25) is 0 Å². The second kappa shape index (κ2) is 4.84. The van der Waals surface area contributed by atoms with Gasteiger partial charge in [-0.05, 0) is 55.2 Å². The van der Waals surface area contributed by atoms with Gasteiger partial charge in [0.05, 0.1) is 5.56 Å². The Morgan fingerprint density at radius 3 is 2.16 bits per heavy atom. The molecular weight excluding hydrogens is 243 g/mol. The van der Waals surface area contributed by atoms with Crippen molar-refractivity contribution in [2.75, 3.05) is 0 Å². The van der Waals surface area contributed by atoms with Gasteiger partial charge < -0.3 is 5.11 Å². The van der Waals surface area contributed by atoms with Gasteiger partial charge in [0.15, 0.2) is 0 Å². The van der Waals surface area contributed by atoms with Crippen LogP contribution in [0, 0.1) is 26.6 Å². The summed E-state index contributed by atoms with van der Waals surface area (Å²) in [4.78, 5) is 11.0. The summed E-state index contributed by atoms with van der Waals surface area (Å²) < 4.78 is 13.4. The highest BCUT2D eigenvalue weighted by Crippen LogP contribution is 2.29. The molecule has 19 heavy (non-hydrogen) atoms. The molecule has 0 bridgehead atoms. The van der Waals surface area contributed by atoms with Crippen LogP contribution in [-0.4, -0.2) is 11.1 Å². The molecule has 0 heterocycles. The zero-order valence-corrected chi connectivity index (χ0v) is 11.1. The molecule has 0 aromatic heterocycles. The van der Waals surface area contributed by atoms with Gasteiger partial charge in [-0.2, -0.15) is 0 Å². The fourth-order valence-corrected chi connectivity index (χ4v) is 2.48. The highest BCUT2D eigenvalue weighted by atomic mass is 19.1. The van der Waals surface area contributed by atoms with Crippen LogP contribution in [0.3, 0.4) is 0 Å². The number of aromatic carboxylic acids is 1. The molecular formula is C16H15FO2.